The largest absolute Gasteiger partial charge is 0.416 e. The zero-order valence-electron chi connectivity index (χ0n) is 13.7. The number of aryl methyl sites for hydroxylation is 1. The monoisotopic (exact) mass is 386 g/mol. The molecule has 0 spiro atoms. The van der Waals surface area contributed by atoms with Crippen LogP contribution >= 0.6 is 12.4 Å². The predicted molar refractivity (Wildman–Crippen MR) is 88.6 cm³/mol. The molecular weight excluding hydrogens is 365 g/mol. The van der Waals surface area contributed by atoms with E-state index in [1.165, 1.54) is 11.2 Å². The van der Waals surface area contributed by atoms with Crippen molar-refractivity contribution in [2.45, 2.75) is 44.3 Å². The Balaban J connectivity index is 0.00000288. The van der Waals surface area contributed by atoms with E-state index in [1.54, 1.807) is 0 Å². The number of sulfonamides is 1. The molecule has 2 rings (SSSR count). The average Bonchev–Trinajstić information content (AvgIpc) is 2.40. The standard InChI is InChI=1S/C15H21F3N2O2S.ClH/c1-10-8-11(15(16,17)18)4-5-12(10)23(21,22)20-7-6-13(19)14(2,3)9-20;/h4-5,8,13H,6-7,9,19H2,1-3H3;1H. The number of piperidine rings is 1. The van der Waals surface area contributed by atoms with E-state index in [0.29, 0.717) is 6.42 Å². The SMILES string of the molecule is Cc1cc(C(F)(F)F)ccc1S(=O)(=O)N1CCC(N)C(C)(C)C1.Cl. The number of benzene rings is 1. The Morgan fingerprint density at radius 3 is 2.33 bits per heavy atom. The topological polar surface area (TPSA) is 63.4 Å². The van der Waals surface area contributed by atoms with Gasteiger partial charge in [-0.15, -0.1) is 12.4 Å². The van der Waals surface area contributed by atoms with Crippen LogP contribution in [0, 0.1) is 12.3 Å². The second-order valence-electron chi connectivity index (χ2n) is 6.70. The van der Waals surface area contributed by atoms with Crippen molar-refractivity contribution < 1.29 is 21.6 Å². The maximum Gasteiger partial charge on any atom is 0.416 e. The van der Waals surface area contributed by atoms with Gasteiger partial charge in [0.05, 0.1) is 10.5 Å². The van der Waals surface area contributed by atoms with Crippen molar-refractivity contribution in [1.29, 1.82) is 0 Å². The number of hydrogen-bond acceptors (Lipinski definition) is 3. The summed E-state index contributed by atoms with van der Waals surface area (Å²) < 4.78 is 65.0. The molecule has 1 unspecified atom stereocenters. The van der Waals surface area contributed by atoms with Crippen molar-refractivity contribution in [1.82, 2.24) is 4.31 Å². The van der Waals surface area contributed by atoms with Gasteiger partial charge in [0, 0.05) is 19.1 Å². The van der Waals surface area contributed by atoms with Gasteiger partial charge < -0.3 is 5.73 Å². The van der Waals surface area contributed by atoms with E-state index in [4.69, 9.17) is 5.73 Å². The van der Waals surface area contributed by atoms with Gasteiger partial charge >= 0.3 is 6.18 Å². The van der Waals surface area contributed by atoms with Gasteiger partial charge in [0.15, 0.2) is 0 Å². The minimum absolute atomic E-state index is 0. The van der Waals surface area contributed by atoms with Crippen molar-refractivity contribution in [3.63, 3.8) is 0 Å². The lowest BCUT2D eigenvalue weighted by atomic mass is 9.81. The molecule has 4 nitrogen and oxygen atoms in total. The summed E-state index contributed by atoms with van der Waals surface area (Å²) in [6, 6.07) is 2.60. The third-order valence-corrected chi connectivity index (χ3v) is 6.40. The number of hydrogen-bond donors (Lipinski definition) is 1. The molecule has 138 valence electrons. The lowest BCUT2D eigenvalue weighted by molar-refractivity contribution is -0.137. The first-order valence-corrected chi connectivity index (χ1v) is 8.73. The van der Waals surface area contributed by atoms with Crippen LogP contribution in [0.2, 0.25) is 0 Å². The maximum atomic E-state index is 12.8. The average molecular weight is 387 g/mol. The summed E-state index contributed by atoms with van der Waals surface area (Å²) in [6.07, 6.45) is -3.97. The van der Waals surface area contributed by atoms with E-state index in [9.17, 15) is 21.6 Å². The number of rotatable bonds is 2. The van der Waals surface area contributed by atoms with Crippen LogP contribution in [0.5, 0.6) is 0 Å². The Kier molecular flexibility index (Phi) is 6.03. The van der Waals surface area contributed by atoms with E-state index >= 15 is 0 Å². The summed E-state index contributed by atoms with van der Waals surface area (Å²) in [5, 5.41) is 0. The van der Waals surface area contributed by atoms with Crippen LogP contribution in [-0.4, -0.2) is 31.9 Å². The summed E-state index contributed by atoms with van der Waals surface area (Å²) >= 11 is 0. The van der Waals surface area contributed by atoms with Crippen LogP contribution in [0.25, 0.3) is 0 Å². The quantitative estimate of drug-likeness (QED) is 0.849. The van der Waals surface area contributed by atoms with Gasteiger partial charge in [-0.25, -0.2) is 8.42 Å². The molecule has 0 saturated carbocycles. The minimum atomic E-state index is -4.49. The van der Waals surface area contributed by atoms with Gasteiger partial charge in [0.25, 0.3) is 0 Å². The van der Waals surface area contributed by atoms with Crippen LogP contribution in [0.3, 0.4) is 0 Å². The van der Waals surface area contributed by atoms with Gasteiger partial charge in [0.2, 0.25) is 10.0 Å². The van der Waals surface area contributed by atoms with Gasteiger partial charge in [-0.3, -0.25) is 0 Å². The zero-order valence-corrected chi connectivity index (χ0v) is 15.4. The molecule has 0 radical (unpaired) electrons. The summed E-state index contributed by atoms with van der Waals surface area (Å²) in [5.74, 6) is 0. The molecule has 1 fully saturated rings. The fraction of sp³-hybridized carbons (Fsp3) is 0.600. The molecular formula is C15H22ClF3N2O2S. The van der Waals surface area contributed by atoms with Gasteiger partial charge in [-0.2, -0.15) is 17.5 Å². The fourth-order valence-corrected chi connectivity index (χ4v) is 4.62. The molecule has 1 aliphatic rings. The van der Waals surface area contributed by atoms with Crippen molar-refractivity contribution >= 4 is 22.4 Å². The first kappa shape index (κ1) is 21.2. The maximum absolute atomic E-state index is 12.8. The van der Waals surface area contributed by atoms with Crippen molar-refractivity contribution in [3.8, 4) is 0 Å². The molecule has 0 amide bonds. The second kappa shape index (κ2) is 6.82. The molecule has 1 saturated heterocycles. The second-order valence-corrected chi connectivity index (χ2v) is 8.61. The Bertz CT molecular complexity index is 705. The van der Waals surface area contributed by atoms with Crippen molar-refractivity contribution in [2.24, 2.45) is 11.1 Å². The molecule has 1 heterocycles. The predicted octanol–water partition coefficient (Wildman–Crippen LogP) is 3.18. The number of halogens is 4. The third kappa shape index (κ3) is 4.04. The van der Waals surface area contributed by atoms with Crippen LogP contribution < -0.4 is 5.73 Å². The number of alkyl halides is 3. The van der Waals surface area contributed by atoms with Crippen LogP contribution in [0.15, 0.2) is 23.1 Å². The molecule has 0 bridgehead atoms. The lowest BCUT2D eigenvalue weighted by Crippen LogP contribution is -2.53. The summed E-state index contributed by atoms with van der Waals surface area (Å²) in [6.45, 7) is 5.67. The Morgan fingerprint density at radius 1 is 1.29 bits per heavy atom. The zero-order chi connectivity index (χ0) is 17.6. The Labute approximate surface area is 146 Å². The minimum Gasteiger partial charge on any atom is -0.327 e. The highest BCUT2D eigenvalue weighted by molar-refractivity contribution is 7.89. The molecule has 1 aromatic carbocycles. The van der Waals surface area contributed by atoms with E-state index in [1.807, 2.05) is 13.8 Å². The molecule has 24 heavy (non-hydrogen) atoms. The smallest absolute Gasteiger partial charge is 0.327 e. The first-order valence-electron chi connectivity index (χ1n) is 7.29. The lowest BCUT2D eigenvalue weighted by Gasteiger charge is -2.41. The summed E-state index contributed by atoms with van der Waals surface area (Å²) in [7, 11) is -3.84. The van der Waals surface area contributed by atoms with Crippen LogP contribution in [0.1, 0.15) is 31.4 Å². The highest BCUT2D eigenvalue weighted by atomic mass is 35.5. The van der Waals surface area contributed by atoms with Gasteiger partial charge in [-0.05, 0) is 42.5 Å². The third-order valence-electron chi connectivity index (χ3n) is 4.40. The number of nitrogens with zero attached hydrogens (tertiary/aromatic N) is 1. The van der Waals surface area contributed by atoms with Crippen molar-refractivity contribution in [3.05, 3.63) is 29.3 Å². The first-order chi connectivity index (χ1) is 10.4. The molecule has 0 aliphatic carbocycles. The molecule has 1 atom stereocenters. The molecule has 1 aromatic rings. The van der Waals surface area contributed by atoms with E-state index in [2.05, 4.69) is 0 Å². The highest BCUT2D eigenvalue weighted by Crippen LogP contribution is 2.34. The molecule has 9 heteroatoms. The van der Waals surface area contributed by atoms with E-state index in [0.717, 1.165) is 18.2 Å². The molecule has 2 N–H and O–H groups in total. The fourth-order valence-electron chi connectivity index (χ4n) is 2.78. The van der Waals surface area contributed by atoms with Gasteiger partial charge in [0.1, 0.15) is 0 Å². The summed E-state index contributed by atoms with van der Waals surface area (Å²) in [5.41, 5.74) is 4.86. The van der Waals surface area contributed by atoms with Gasteiger partial charge in [-0.1, -0.05) is 13.8 Å². The summed E-state index contributed by atoms with van der Waals surface area (Å²) in [4.78, 5) is -0.0863. The Morgan fingerprint density at radius 2 is 1.88 bits per heavy atom. The van der Waals surface area contributed by atoms with E-state index < -0.39 is 21.8 Å². The van der Waals surface area contributed by atoms with Crippen molar-refractivity contribution in [2.75, 3.05) is 13.1 Å². The van der Waals surface area contributed by atoms with Crippen LogP contribution in [0.4, 0.5) is 13.2 Å². The highest BCUT2D eigenvalue weighted by Gasteiger charge is 2.39. The van der Waals surface area contributed by atoms with E-state index in [-0.39, 0.29) is 47.4 Å². The normalized spacial score (nSPS) is 22.0. The molecule has 0 aromatic heterocycles. The molecule has 1 aliphatic heterocycles. The Hall–Kier alpha value is -0.830. The number of nitrogens with two attached hydrogens (primary N) is 1. The van der Waals surface area contributed by atoms with Crippen LogP contribution in [-0.2, 0) is 16.2 Å².